The number of anilines is 2. The van der Waals surface area contributed by atoms with Gasteiger partial charge in [-0.1, -0.05) is 11.6 Å². The highest BCUT2D eigenvalue weighted by Crippen LogP contribution is 2.22. The minimum Gasteiger partial charge on any atom is -0.353 e. The molecule has 0 atom stereocenters. The van der Waals surface area contributed by atoms with E-state index in [1.54, 1.807) is 23.5 Å². The Kier molecular flexibility index (Phi) is 3.72. The van der Waals surface area contributed by atoms with Gasteiger partial charge in [-0.25, -0.2) is 9.97 Å². The summed E-state index contributed by atoms with van der Waals surface area (Å²) in [6.07, 6.45) is 1.82. The number of nitrogens with zero attached hydrogens (tertiary/aromatic N) is 5. The van der Waals surface area contributed by atoms with Crippen molar-refractivity contribution in [2.24, 2.45) is 0 Å². The molecule has 7 heteroatoms. The fourth-order valence-corrected chi connectivity index (χ4v) is 3.11. The Morgan fingerprint density at radius 2 is 1.95 bits per heavy atom. The zero-order valence-electron chi connectivity index (χ0n) is 10.7. The van der Waals surface area contributed by atoms with Crippen molar-refractivity contribution in [3.8, 4) is 6.07 Å². The standard InChI is InChI=1S/C13H12ClN5S/c14-11-7-10(9-15)8-12(17-11)18-2-4-19(5-3-18)13-16-1-6-20-13/h1,6-8H,2-5H2. The molecule has 1 aliphatic heterocycles. The molecule has 2 aromatic heterocycles. The molecule has 20 heavy (non-hydrogen) atoms. The molecule has 0 N–H and O–H groups in total. The van der Waals surface area contributed by atoms with Gasteiger partial charge < -0.3 is 9.80 Å². The average molecular weight is 306 g/mol. The minimum atomic E-state index is 0.362. The maximum absolute atomic E-state index is 8.98. The summed E-state index contributed by atoms with van der Waals surface area (Å²) in [6.45, 7) is 3.47. The average Bonchev–Trinajstić information content (AvgIpc) is 3.01. The Hall–Kier alpha value is -1.84. The summed E-state index contributed by atoms with van der Waals surface area (Å²) in [7, 11) is 0. The summed E-state index contributed by atoms with van der Waals surface area (Å²) in [5, 5.41) is 12.4. The molecule has 0 amide bonds. The molecule has 0 spiro atoms. The molecule has 1 saturated heterocycles. The number of hydrogen-bond donors (Lipinski definition) is 0. The van der Waals surface area contributed by atoms with Crippen LogP contribution in [0.15, 0.2) is 23.7 Å². The van der Waals surface area contributed by atoms with Crippen LogP contribution in [0.25, 0.3) is 0 Å². The van der Waals surface area contributed by atoms with Crippen molar-refractivity contribution in [3.63, 3.8) is 0 Å². The highest BCUT2D eigenvalue weighted by molar-refractivity contribution is 7.13. The van der Waals surface area contributed by atoms with E-state index in [1.807, 2.05) is 11.6 Å². The molecule has 3 heterocycles. The summed E-state index contributed by atoms with van der Waals surface area (Å²) in [5.41, 5.74) is 0.544. The topological polar surface area (TPSA) is 56.1 Å². The minimum absolute atomic E-state index is 0.362. The molecule has 0 unspecified atom stereocenters. The highest BCUT2D eigenvalue weighted by atomic mass is 35.5. The number of nitriles is 1. The lowest BCUT2D eigenvalue weighted by molar-refractivity contribution is 0.646. The van der Waals surface area contributed by atoms with Gasteiger partial charge in [-0.3, -0.25) is 0 Å². The van der Waals surface area contributed by atoms with Crippen LogP contribution in [0.4, 0.5) is 10.9 Å². The molecule has 102 valence electrons. The van der Waals surface area contributed by atoms with E-state index in [2.05, 4.69) is 25.8 Å². The Bertz CT molecular complexity index is 629. The van der Waals surface area contributed by atoms with E-state index in [0.717, 1.165) is 37.1 Å². The van der Waals surface area contributed by atoms with Gasteiger partial charge in [0.15, 0.2) is 5.13 Å². The first-order chi connectivity index (χ1) is 9.76. The zero-order chi connectivity index (χ0) is 13.9. The van der Waals surface area contributed by atoms with Crippen LogP contribution in [0, 0.1) is 11.3 Å². The quantitative estimate of drug-likeness (QED) is 0.797. The van der Waals surface area contributed by atoms with Crippen molar-refractivity contribution in [2.75, 3.05) is 36.0 Å². The molecule has 0 aromatic carbocycles. The number of halogens is 1. The largest absolute Gasteiger partial charge is 0.353 e. The van der Waals surface area contributed by atoms with Gasteiger partial charge in [-0.05, 0) is 12.1 Å². The molecule has 0 radical (unpaired) electrons. The number of thiazole rings is 1. The fraction of sp³-hybridized carbons (Fsp3) is 0.308. The van der Waals surface area contributed by atoms with Crippen molar-refractivity contribution >= 4 is 33.9 Å². The molecule has 5 nitrogen and oxygen atoms in total. The lowest BCUT2D eigenvalue weighted by Crippen LogP contribution is -2.46. The van der Waals surface area contributed by atoms with Gasteiger partial charge in [0, 0.05) is 37.8 Å². The van der Waals surface area contributed by atoms with Gasteiger partial charge in [-0.15, -0.1) is 11.3 Å². The molecular formula is C13H12ClN5S. The number of pyridine rings is 1. The van der Waals surface area contributed by atoms with E-state index in [-0.39, 0.29) is 0 Å². The van der Waals surface area contributed by atoms with E-state index in [1.165, 1.54) is 0 Å². The lowest BCUT2D eigenvalue weighted by Gasteiger charge is -2.35. The Morgan fingerprint density at radius 1 is 1.20 bits per heavy atom. The zero-order valence-corrected chi connectivity index (χ0v) is 12.2. The van der Waals surface area contributed by atoms with Crippen LogP contribution in [0.1, 0.15) is 5.56 Å². The molecule has 2 aromatic rings. The van der Waals surface area contributed by atoms with Gasteiger partial charge in [0.25, 0.3) is 0 Å². The molecule has 1 fully saturated rings. The van der Waals surface area contributed by atoms with E-state index in [4.69, 9.17) is 16.9 Å². The predicted molar refractivity (Wildman–Crippen MR) is 80.5 cm³/mol. The van der Waals surface area contributed by atoms with E-state index in [0.29, 0.717) is 10.7 Å². The van der Waals surface area contributed by atoms with Crippen molar-refractivity contribution in [3.05, 3.63) is 34.4 Å². The van der Waals surface area contributed by atoms with E-state index >= 15 is 0 Å². The molecular weight excluding hydrogens is 294 g/mol. The summed E-state index contributed by atoms with van der Waals surface area (Å²) in [4.78, 5) is 13.0. The SMILES string of the molecule is N#Cc1cc(Cl)nc(N2CCN(c3nccs3)CC2)c1. The van der Waals surface area contributed by atoms with Crippen LogP contribution in [-0.4, -0.2) is 36.1 Å². The van der Waals surface area contributed by atoms with Gasteiger partial charge in [-0.2, -0.15) is 5.26 Å². The third kappa shape index (κ3) is 2.69. The van der Waals surface area contributed by atoms with Crippen LogP contribution >= 0.6 is 22.9 Å². The monoisotopic (exact) mass is 305 g/mol. The van der Waals surface area contributed by atoms with E-state index in [9.17, 15) is 0 Å². The smallest absolute Gasteiger partial charge is 0.185 e. The second-order valence-corrected chi connectivity index (χ2v) is 5.70. The normalized spacial score (nSPS) is 15.2. The number of rotatable bonds is 2. The summed E-state index contributed by atoms with van der Waals surface area (Å²) in [6, 6.07) is 5.47. The molecule has 3 rings (SSSR count). The summed E-state index contributed by atoms with van der Waals surface area (Å²) in [5.74, 6) is 0.771. The van der Waals surface area contributed by atoms with Crippen molar-refractivity contribution in [1.29, 1.82) is 5.26 Å². The fourth-order valence-electron chi connectivity index (χ4n) is 2.21. The molecule has 0 saturated carbocycles. The van der Waals surface area contributed by atoms with Crippen LogP contribution in [0.3, 0.4) is 0 Å². The summed E-state index contributed by atoms with van der Waals surface area (Å²) < 4.78 is 0. The number of hydrogen-bond acceptors (Lipinski definition) is 6. The Morgan fingerprint density at radius 3 is 2.60 bits per heavy atom. The first-order valence-electron chi connectivity index (χ1n) is 6.23. The van der Waals surface area contributed by atoms with Gasteiger partial charge in [0.1, 0.15) is 11.0 Å². The third-order valence-electron chi connectivity index (χ3n) is 3.20. The molecule has 0 bridgehead atoms. The van der Waals surface area contributed by atoms with Crippen molar-refractivity contribution in [1.82, 2.24) is 9.97 Å². The van der Waals surface area contributed by atoms with E-state index < -0.39 is 0 Å². The van der Waals surface area contributed by atoms with Crippen molar-refractivity contribution in [2.45, 2.75) is 0 Å². The van der Waals surface area contributed by atoms with Gasteiger partial charge in [0.05, 0.1) is 11.6 Å². The van der Waals surface area contributed by atoms with Crippen molar-refractivity contribution < 1.29 is 0 Å². The third-order valence-corrected chi connectivity index (χ3v) is 4.23. The first kappa shape index (κ1) is 13.2. The second kappa shape index (κ2) is 5.65. The van der Waals surface area contributed by atoms with Crippen LogP contribution in [0.2, 0.25) is 5.15 Å². The lowest BCUT2D eigenvalue weighted by atomic mass is 10.2. The first-order valence-corrected chi connectivity index (χ1v) is 7.49. The number of piperazine rings is 1. The second-order valence-electron chi connectivity index (χ2n) is 4.44. The maximum atomic E-state index is 8.98. The van der Waals surface area contributed by atoms with Gasteiger partial charge in [0.2, 0.25) is 0 Å². The van der Waals surface area contributed by atoms with Crippen LogP contribution in [-0.2, 0) is 0 Å². The molecule has 1 aliphatic rings. The number of aromatic nitrogens is 2. The highest BCUT2D eigenvalue weighted by Gasteiger charge is 2.20. The van der Waals surface area contributed by atoms with Crippen LogP contribution in [0.5, 0.6) is 0 Å². The Labute approximate surface area is 126 Å². The molecule has 0 aliphatic carbocycles. The maximum Gasteiger partial charge on any atom is 0.185 e. The van der Waals surface area contributed by atoms with Crippen LogP contribution < -0.4 is 9.80 Å². The predicted octanol–water partition coefficient (Wildman–Crippen LogP) is 2.39. The van der Waals surface area contributed by atoms with Gasteiger partial charge >= 0.3 is 0 Å². The Balaban J connectivity index is 1.72. The summed E-state index contributed by atoms with van der Waals surface area (Å²) >= 11 is 7.60.